The van der Waals surface area contributed by atoms with Gasteiger partial charge in [-0.05, 0) is 107 Å². The van der Waals surface area contributed by atoms with E-state index in [0.717, 1.165) is 5.57 Å². The second kappa shape index (κ2) is 24.5. The third-order valence-electron chi connectivity index (χ3n) is 14.3. The van der Waals surface area contributed by atoms with Gasteiger partial charge in [-0.25, -0.2) is 4.79 Å². The number of aliphatic hydroxyl groups is 4. The molecule has 356 valence electrons. The lowest BCUT2D eigenvalue weighted by Gasteiger charge is -2.44. The number of nitrogens with zero attached hydrogens (tertiary/aromatic N) is 1. The second-order valence-electron chi connectivity index (χ2n) is 19.5. The third-order valence-corrected chi connectivity index (χ3v) is 14.3. The highest BCUT2D eigenvalue weighted by molar-refractivity contribution is 5.87. The van der Waals surface area contributed by atoms with E-state index in [0.29, 0.717) is 82.7 Å². The van der Waals surface area contributed by atoms with Crippen LogP contribution in [-0.4, -0.2) is 124 Å². The van der Waals surface area contributed by atoms with Crippen LogP contribution >= 0.6 is 0 Å². The molecule has 0 spiro atoms. The Kier molecular flexibility index (Phi) is 20.4. The Morgan fingerprint density at radius 1 is 0.857 bits per heavy atom. The van der Waals surface area contributed by atoms with Crippen molar-refractivity contribution < 1.29 is 58.6 Å². The highest BCUT2D eigenvalue weighted by atomic mass is 16.6. The van der Waals surface area contributed by atoms with Gasteiger partial charge in [-0.3, -0.25) is 14.4 Å². The maximum Gasteiger partial charge on any atom is 0.329 e. The maximum absolute atomic E-state index is 14.3. The Morgan fingerprint density at radius 3 is 2.27 bits per heavy atom. The predicted octanol–water partition coefficient (Wildman–Crippen LogP) is 6.35. The van der Waals surface area contributed by atoms with Crippen molar-refractivity contribution in [2.24, 2.45) is 35.5 Å². The van der Waals surface area contributed by atoms with Crippen LogP contribution in [0.4, 0.5) is 0 Å². The molecule has 0 aromatic carbocycles. The summed E-state index contributed by atoms with van der Waals surface area (Å²) >= 11 is 0. The molecule has 2 saturated heterocycles. The smallest absolute Gasteiger partial charge is 0.329 e. The van der Waals surface area contributed by atoms with E-state index in [-0.39, 0.29) is 60.3 Å². The summed E-state index contributed by atoms with van der Waals surface area (Å²) in [6.45, 7) is 13.3. The second-order valence-corrected chi connectivity index (χ2v) is 19.5. The van der Waals surface area contributed by atoms with E-state index < -0.39 is 66.1 Å². The Bertz CT molecular complexity index is 1660. The van der Waals surface area contributed by atoms with Crippen LogP contribution in [0, 0.1) is 35.5 Å². The molecule has 0 aromatic heterocycles. The third kappa shape index (κ3) is 14.7. The van der Waals surface area contributed by atoms with Gasteiger partial charge in [-0.2, -0.15) is 0 Å². The number of piperidine rings is 1. The highest BCUT2D eigenvalue weighted by Crippen LogP contribution is 2.38. The van der Waals surface area contributed by atoms with Crippen LogP contribution in [0.15, 0.2) is 47.6 Å². The van der Waals surface area contributed by atoms with Crippen LogP contribution in [-0.2, 0) is 38.1 Å². The number of cyclic esters (lactones) is 1. The number of fused-ring (bicyclic) bond motifs is 3. The van der Waals surface area contributed by atoms with Gasteiger partial charge in [0.15, 0.2) is 11.6 Å². The quantitative estimate of drug-likeness (QED) is 0.177. The molecule has 4 aliphatic rings. The number of allylic oxidation sites excluding steroid dienone is 6. The first kappa shape index (κ1) is 52.6. The average Bonchev–Trinajstić information content (AvgIpc) is 3.24. The number of ketones is 2. The van der Waals surface area contributed by atoms with Crippen molar-refractivity contribution in [3.63, 3.8) is 0 Å². The lowest BCUT2D eigenvalue weighted by Crippen LogP contribution is -2.55. The van der Waals surface area contributed by atoms with E-state index in [1.807, 2.05) is 65.0 Å². The molecule has 0 radical (unpaired) electrons. The van der Waals surface area contributed by atoms with Crippen molar-refractivity contribution in [2.45, 2.75) is 186 Å². The fraction of sp³-hybridized carbons (Fsp3) is 0.760. The van der Waals surface area contributed by atoms with Crippen molar-refractivity contribution in [2.75, 3.05) is 20.8 Å². The Balaban J connectivity index is 1.67. The minimum atomic E-state index is -1.76. The van der Waals surface area contributed by atoms with Crippen molar-refractivity contribution in [3.05, 3.63) is 47.6 Å². The number of amides is 1. The van der Waals surface area contributed by atoms with Crippen LogP contribution in [0.1, 0.15) is 132 Å². The summed E-state index contributed by atoms with van der Waals surface area (Å²) < 4.78 is 24.1. The molecule has 3 aliphatic heterocycles. The van der Waals surface area contributed by atoms with Gasteiger partial charge in [0.05, 0.1) is 30.8 Å². The zero-order chi connectivity index (χ0) is 46.6. The van der Waals surface area contributed by atoms with Crippen LogP contribution in [0.2, 0.25) is 0 Å². The summed E-state index contributed by atoms with van der Waals surface area (Å²) in [5.74, 6) is -5.00. The number of rotatable bonds is 5. The lowest BCUT2D eigenvalue weighted by molar-refractivity contribution is -0.284. The molecule has 3 fully saturated rings. The van der Waals surface area contributed by atoms with E-state index in [2.05, 4.69) is 0 Å². The molecule has 4 rings (SSSR count). The minimum absolute atomic E-state index is 0.0344. The summed E-state index contributed by atoms with van der Waals surface area (Å²) in [6, 6.07) is -0.922. The van der Waals surface area contributed by atoms with Gasteiger partial charge in [0.25, 0.3) is 0 Å². The molecule has 1 unspecified atom stereocenters. The molecular weight excluding hydrogens is 807 g/mol. The standard InChI is InChI=1S/C50H79NO12/c1-30-15-11-10-12-16-31(2)43(60-8)27-38-20-18-36(7)50(59,63-38)29-45(55)51-22-14-13-17-39(51)49(58)62-44(33(4)25-37-19-21-40(52)42(54)26-37)28-41(53)32(3)24-35(6)47(57)48(61-9)46(56)34(5)23-30/h10-12,15-16,24,30,32-34,36-40,42-44,47-48,52,54,57,59H,13-14,17-23,25-29H2,1-9H3/b12-10+,15-11-,31-16+,35-24+/t30-,32-,33-,34-,36-,37?,38+,39+,40+,42+,43+,44+,47-,48+,50+/m1/s1. The molecule has 2 bridgehead atoms. The van der Waals surface area contributed by atoms with E-state index in [9.17, 15) is 39.6 Å². The molecule has 0 aromatic rings. The van der Waals surface area contributed by atoms with E-state index in [1.54, 1.807) is 27.0 Å². The molecule has 3 heterocycles. The van der Waals surface area contributed by atoms with Crippen molar-refractivity contribution in [1.29, 1.82) is 0 Å². The van der Waals surface area contributed by atoms with Gasteiger partial charge >= 0.3 is 5.97 Å². The molecule has 1 aliphatic carbocycles. The first-order valence-corrected chi connectivity index (χ1v) is 23.5. The summed E-state index contributed by atoms with van der Waals surface area (Å²) in [5.41, 5.74) is 1.36. The fourth-order valence-electron chi connectivity index (χ4n) is 9.98. The summed E-state index contributed by atoms with van der Waals surface area (Å²) in [7, 11) is 3.02. The molecule has 4 N–H and O–H groups in total. The van der Waals surface area contributed by atoms with Gasteiger partial charge in [0.2, 0.25) is 5.91 Å². The number of ether oxygens (including phenoxy) is 4. The molecule has 15 atom stereocenters. The van der Waals surface area contributed by atoms with Crippen molar-refractivity contribution >= 4 is 23.4 Å². The fourth-order valence-corrected chi connectivity index (χ4v) is 9.98. The average molecular weight is 886 g/mol. The Labute approximate surface area is 376 Å². The SMILES string of the molecule is CO[C@H]1C[C@@H]2CC[C@@H](C)[C@](O)(CC(=O)N3CCCC[C@H]3C(=O)O[C@H]([C@H](C)CC3CC[C@H](O)[C@@H](O)C3)CC(=O)[C@H](C)/C=C(\C)[C@@H](O)[C@@H](OC)C(=O)[C@H](C)C[C@H](C)\C=C/C=C/C=C/1C)O2. The van der Waals surface area contributed by atoms with Crippen molar-refractivity contribution in [3.8, 4) is 0 Å². The molecular formula is C50H79NO12. The Hall–Kier alpha value is -3.04. The van der Waals surface area contributed by atoms with Gasteiger partial charge in [-0.1, -0.05) is 71.1 Å². The van der Waals surface area contributed by atoms with E-state index >= 15 is 0 Å². The first-order valence-electron chi connectivity index (χ1n) is 23.5. The summed E-state index contributed by atoms with van der Waals surface area (Å²) in [6.07, 6.45) is 11.4. The van der Waals surface area contributed by atoms with Gasteiger partial charge in [0, 0.05) is 51.4 Å². The van der Waals surface area contributed by atoms with Crippen LogP contribution in [0.3, 0.4) is 0 Å². The normalized spacial score (nSPS) is 41.3. The highest BCUT2D eigenvalue weighted by Gasteiger charge is 2.46. The first-order chi connectivity index (χ1) is 29.8. The summed E-state index contributed by atoms with van der Waals surface area (Å²) in [5, 5.41) is 44.0. The zero-order valence-electron chi connectivity index (χ0n) is 39.4. The van der Waals surface area contributed by atoms with Crippen LogP contribution < -0.4 is 0 Å². The van der Waals surface area contributed by atoms with Gasteiger partial charge < -0.3 is 44.3 Å². The number of hydrogen-bond donors (Lipinski definition) is 4. The van der Waals surface area contributed by atoms with E-state index in [1.165, 1.54) is 12.0 Å². The molecule has 13 nitrogen and oxygen atoms in total. The van der Waals surface area contributed by atoms with Gasteiger partial charge in [0.1, 0.15) is 30.1 Å². The minimum Gasteiger partial charge on any atom is -0.460 e. The number of hydrogen-bond acceptors (Lipinski definition) is 12. The van der Waals surface area contributed by atoms with Gasteiger partial charge in [-0.15, -0.1) is 0 Å². The number of carbonyl (C=O) groups excluding carboxylic acids is 4. The zero-order valence-corrected chi connectivity index (χ0v) is 39.4. The predicted molar refractivity (Wildman–Crippen MR) is 240 cm³/mol. The molecule has 13 heteroatoms. The van der Waals surface area contributed by atoms with Crippen molar-refractivity contribution in [1.82, 2.24) is 4.90 Å². The maximum atomic E-state index is 14.3. The van der Waals surface area contributed by atoms with Crippen LogP contribution in [0.5, 0.6) is 0 Å². The monoisotopic (exact) mass is 886 g/mol. The number of methoxy groups -OCH3 is 2. The topological polar surface area (TPSA) is 189 Å². The van der Waals surface area contributed by atoms with Crippen LogP contribution in [0.25, 0.3) is 0 Å². The van der Waals surface area contributed by atoms with E-state index in [4.69, 9.17) is 18.9 Å². The molecule has 1 saturated carbocycles. The molecule has 63 heavy (non-hydrogen) atoms. The number of esters is 1. The number of carbonyl (C=O) groups is 4. The number of Topliss-reactive ketones (excluding diaryl/α,β-unsaturated/α-hetero) is 2. The number of aliphatic hydroxyl groups excluding tert-OH is 3. The largest absolute Gasteiger partial charge is 0.460 e. The molecule has 1 amide bonds. The Morgan fingerprint density at radius 2 is 1.59 bits per heavy atom. The lowest BCUT2D eigenvalue weighted by atomic mass is 9.78. The summed E-state index contributed by atoms with van der Waals surface area (Å²) in [4.78, 5) is 57.7.